The number of non-ortho nitro benzene ring substituents is 2. The summed E-state index contributed by atoms with van der Waals surface area (Å²) >= 11 is 0. The predicted molar refractivity (Wildman–Crippen MR) is 79.9 cm³/mol. The highest BCUT2D eigenvalue weighted by Gasteiger charge is 2.17. The molecule has 0 saturated carbocycles. The molecule has 0 aliphatic rings. The van der Waals surface area contributed by atoms with Gasteiger partial charge in [0.15, 0.2) is 0 Å². The molecule has 2 aromatic carbocycles. The Hall–Kier alpha value is -2.80. The van der Waals surface area contributed by atoms with Crippen LogP contribution in [-0.4, -0.2) is 23.6 Å². The average molecular weight is 302 g/mol. The molecule has 0 heterocycles. The van der Waals surface area contributed by atoms with E-state index in [0.29, 0.717) is 6.61 Å². The molecule has 0 aromatic heterocycles. The van der Waals surface area contributed by atoms with Gasteiger partial charge in [0.05, 0.1) is 16.5 Å². The summed E-state index contributed by atoms with van der Waals surface area (Å²) in [7, 11) is 1.56. The molecule has 0 unspecified atom stereocenters. The minimum atomic E-state index is -0.457. The third kappa shape index (κ3) is 3.44. The molecule has 22 heavy (non-hydrogen) atoms. The van der Waals surface area contributed by atoms with E-state index < -0.39 is 9.85 Å². The first kappa shape index (κ1) is 15.6. The second-order valence-electron chi connectivity index (χ2n) is 4.71. The third-order valence-electron chi connectivity index (χ3n) is 3.35. The highest BCUT2D eigenvalue weighted by Crippen LogP contribution is 2.28. The van der Waals surface area contributed by atoms with Gasteiger partial charge in [-0.05, 0) is 11.1 Å². The molecule has 2 rings (SSSR count). The van der Waals surface area contributed by atoms with E-state index in [1.54, 1.807) is 31.4 Å². The Balaban J connectivity index is 2.32. The molecule has 0 radical (unpaired) electrons. The van der Waals surface area contributed by atoms with Crippen molar-refractivity contribution in [1.29, 1.82) is 0 Å². The maximum atomic E-state index is 10.7. The van der Waals surface area contributed by atoms with Gasteiger partial charge in [0.2, 0.25) is 0 Å². The number of methoxy groups -OCH3 is 1. The average Bonchev–Trinajstić information content (AvgIpc) is 2.53. The van der Waals surface area contributed by atoms with Gasteiger partial charge in [-0.15, -0.1) is 0 Å². The van der Waals surface area contributed by atoms with Crippen LogP contribution in [0, 0.1) is 20.2 Å². The van der Waals surface area contributed by atoms with Gasteiger partial charge in [-0.25, -0.2) is 0 Å². The zero-order chi connectivity index (χ0) is 16.1. The monoisotopic (exact) mass is 302 g/mol. The van der Waals surface area contributed by atoms with Crippen LogP contribution in [0.4, 0.5) is 11.4 Å². The second kappa shape index (κ2) is 6.77. The van der Waals surface area contributed by atoms with E-state index in [9.17, 15) is 20.2 Å². The van der Waals surface area contributed by atoms with Gasteiger partial charge in [-0.1, -0.05) is 24.3 Å². The van der Waals surface area contributed by atoms with Crippen molar-refractivity contribution in [3.63, 3.8) is 0 Å². The molecule has 0 atom stereocenters. The van der Waals surface area contributed by atoms with Crippen LogP contribution < -0.4 is 0 Å². The van der Waals surface area contributed by atoms with E-state index in [2.05, 4.69) is 0 Å². The van der Waals surface area contributed by atoms with Crippen LogP contribution in [0.3, 0.4) is 0 Å². The fourth-order valence-electron chi connectivity index (χ4n) is 2.21. The van der Waals surface area contributed by atoms with Gasteiger partial charge in [-0.2, -0.15) is 0 Å². The topological polar surface area (TPSA) is 95.5 Å². The van der Waals surface area contributed by atoms with Crippen molar-refractivity contribution in [2.45, 2.75) is 5.92 Å². The van der Waals surface area contributed by atoms with Crippen LogP contribution >= 0.6 is 0 Å². The molecular weight excluding hydrogens is 288 g/mol. The van der Waals surface area contributed by atoms with Crippen molar-refractivity contribution in [3.05, 3.63) is 79.9 Å². The van der Waals surface area contributed by atoms with Crippen molar-refractivity contribution in [2.24, 2.45) is 0 Å². The van der Waals surface area contributed by atoms with E-state index in [4.69, 9.17) is 4.74 Å². The minimum Gasteiger partial charge on any atom is -0.384 e. The summed E-state index contributed by atoms with van der Waals surface area (Å²) in [4.78, 5) is 20.5. The number of nitro groups is 2. The van der Waals surface area contributed by atoms with Crippen LogP contribution in [0.15, 0.2) is 48.5 Å². The first-order valence-corrected chi connectivity index (χ1v) is 6.50. The quantitative estimate of drug-likeness (QED) is 0.602. The molecule has 114 valence electrons. The third-order valence-corrected chi connectivity index (χ3v) is 3.35. The van der Waals surface area contributed by atoms with Gasteiger partial charge in [0, 0.05) is 37.3 Å². The zero-order valence-corrected chi connectivity index (χ0v) is 11.8. The Morgan fingerprint density at radius 3 is 1.50 bits per heavy atom. The number of benzene rings is 2. The standard InChI is InChI=1S/C15H14N2O5/c1-22-10-15(11-2-6-13(7-3-11)16(18)19)12-4-8-14(9-5-12)17(20)21/h2-9,15H,10H2,1H3. The Morgan fingerprint density at radius 1 is 0.864 bits per heavy atom. The first-order chi connectivity index (χ1) is 10.5. The van der Waals surface area contributed by atoms with Gasteiger partial charge in [0.1, 0.15) is 0 Å². The lowest BCUT2D eigenvalue weighted by molar-refractivity contribution is -0.385. The molecule has 0 saturated heterocycles. The SMILES string of the molecule is COCC(c1ccc([N+](=O)[O-])cc1)c1ccc([N+](=O)[O-])cc1. The van der Waals surface area contributed by atoms with Crippen molar-refractivity contribution < 1.29 is 14.6 Å². The Labute approximate surface area is 126 Å². The maximum absolute atomic E-state index is 10.7. The molecule has 0 N–H and O–H groups in total. The van der Waals surface area contributed by atoms with Crippen LogP contribution in [0.25, 0.3) is 0 Å². The lowest BCUT2D eigenvalue weighted by atomic mass is 9.92. The molecule has 0 fully saturated rings. The summed E-state index contributed by atoms with van der Waals surface area (Å²) in [6.07, 6.45) is 0. The van der Waals surface area contributed by atoms with Gasteiger partial charge < -0.3 is 4.74 Å². The van der Waals surface area contributed by atoms with E-state index >= 15 is 0 Å². The fourth-order valence-corrected chi connectivity index (χ4v) is 2.21. The van der Waals surface area contributed by atoms with Gasteiger partial charge >= 0.3 is 0 Å². The lowest BCUT2D eigenvalue weighted by Gasteiger charge is -2.16. The highest BCUT2D eigenvalue weighted by molar-refractivity contribution is 5.41. The molecule has 7 nitrogen and oxygen atoms in total. The normalized spacial score (nSPS) is 10.6. The number of hydrogen-bond acceptors (Lipinski definition) is 5. The lowest BCUT2D eigenvalue weighted by Crippen LogP contribution is -2.08. The maximum Gasteiger partial charge on any atom is 0.269 e. The summed E-state index contributed by atoms with van der Waals surface area (Å²) in [6, 6.07) is 12.4. The summed E-state index contributed by atoms with van der Waals surface area (Å²) in [5.41, 5.74) is 1.73. The molecule has 7 heteroatoms. The minimum absolute atomic E-state index is 0.0172. The van der Waals surface area contributed by atoms with Crippen LogP contribution in [-0.2, 0) is 4.74 Å². The first-order valence-electron chi connectivity index (χ1n) is 6.50. The van der Waals surface area contributed by atoms with Crippen LogP contribution in [0.1, 0.15) is 17.0 Å². The number of ether oxygens (including phenoxy) is 1. The molecule has 0 aliphatic heterocycles. The highest BCUT2D eigenvalue weighted by atomic mass is 16.6. The smallest absolute Gasteiger partial charge is 0.269 e. The van der Waals surface area contributed by atoms with Crippen LogP contribution in [0.5, 0.6) is 0 Å². The van der Waals surface area contributed by atoms with Crippen molar-refractivity contribution in [1.82, 2.24) is 0 Å². The van der Waals surface area contributed by atoms with Crippen molar-refractivity contribution >= 4 is 11.4 Å². The largest absolute Gasteiger partial charge is 0.384 e. The van der Waals surface area contributed by atoms with Crippen molar-refractivity contribution in [3.8, 4) is 0 Å². The molecular formula is C15H14N2O5. The molecule has 0 amide bonds. The molecule has 0 spiro atoms. The Bertz CT molecular complexity index is 610. The second-order valence-corrected chi connectivity index (χ2v) is 4.71. The zero-order valence-electron chi connectivity index (χ0n) is 11.8. The summed E-state index contributed by atoms with van der Waals surface area (Å²) in [6.45, 7) is 0.371. The number of nitrogens with zero attached hydrogens (tertiary/aromatic N) is 2. The number of hydrogen-bond donors (Lipinski definition) is 0. The van der Waals surface area contributed by atoms with E-state index in [1.807, 2.05) is 0 Å². The van der Waals surface area contributed by atoms with E-state index in [0.717, 1.165) is 11.1 Å². The van der Waals surface area contributed by atoms with E-state index in [1.165, 1.54) is 24.3 Å². The van der Waals surface area contributed by atoms with E-state index in [-0.39, 0.29) is 17.3 Å². The van der Waals surface area contributed by atoms with Gasteiger partial charge in [0.25, 0.3) is 11.4 Å². The number of nitro benzene ring substituents is 2. The van der Waals surface area contributed by atoms with Crippen LogP contribution in [0.2, 0.25) is 0 Å². The summed E-state index contributed by atoms with van der Waals surface area (Å²) in [5, 5.41) is 21.4. The molecule has 2 aromatic rings. The van der Waals surface area contributed by atoms with Crippen molar-refractivity contribution in [2.75, 3.05) is 13.7 Å². The Morgan fingerprint density at radius 2 is 1.23 bits per heavy atom. The fraction of sp³-hybridized carbons (Fsp3) is 0.200. The molecule has 0 bridgehead atoms. The Kier molecular flexibility index (Phi) is 4.80. The predicted octanol–water partition coefficient (Wildman–Crippen LogP) is 3.28. The summed E-state index contributed by atoms with van der Waals surface area (Å²) < 4.78 is 5.20. The molecule has 0 aliphatic carbocycles. The summed E-state index contributed by atoms with van der Waals surface area (Å²) in [5.74, 6) is -0.147. The number of rotatable bonds is 6. The van der Waals surface area contributed by atoms with Gasteiger partial charge in [-0.3, -0.25) is 20.2 Å².